The van der Waals surface area contributed by atoms with Gasteiger partial charge in [0.15, 0.2) is 0 Å². The minimum atomic E-state index is -0.791. The molecule has 1 saturated heterocycles. The lowest BCUT2D eigenvalue weighted by Gasteiger charge is -2.25. The van der Waals surface area contributed by atoms with E-state index in [0.29, 0.717) is 0 Å². The Kier molecular flexibility index (Phi) is 3.69. The van der Waals surface area contributed by atoms with E-state index in [2.05, 4.69) is 5.32 Å². The molecule has 1 heterocycles. The maximum absolute atomic E-state index is 10.7. The number of nitrogens with one attached hydrogen (secondary N) is 1. The molecule has 13 heavy (non-hydrogen) atoms. The van der Waals surface area contributed by atoms with Crippen LogP contribution in [-0.2, 0) is 9.53 Å². The average molecular weight is 187 g/mol. The van der Waals surface area contributed by atoms with Crippen LogP contribution in [0.5, 0.6) is 0 Å². The molecule has 76 valence electrons. The van der Waals surface area contributed by atoms with Crippen molar-refractivity contribution in [2.45, 2.75) is 31.9 Å². The van der Waals surface area contributed by atoms with Crippen molar-refractivity contribution < 1.29 is 14.6 Å². The second kappa shape index (κ2) is 4.58. The summed E-state index contributed by atoms with van der Waals surface area (Å²) >= 11 is 0. The van der Waals surface area contributed by atoms with E-state index in [1.54, 1.807) is 14.0 Å². The number of hydrogen-bond donors (Lipinski definition) is 2. The van der Waals surface area contributed by atoms with Crippen molar-refractivity contribution in [3.8, 4) is 0 Å². The van der Waals surface area contributed by atoms with E-state index in [1.807, 2.05) is 0 Å². The van der Waals surface area contributed by atoms with Crippen molar-refractivity contribution >= 4 is 5.97 Å². The van der Waals surface area contributed by atoms with Crippen LogP contribution in [0.1, 0.15) is 19.8 Å². The highest BCUT2D eigenvalue weighted by Crippen LogP contribution is 2.18. The Morgan fingerprint density at radius 3 is 2.77 bits per heavy atom. The summed E-state index contributed by atoms with van der Waals surface area (Å²) in [6, 6.07) is 0.205. The SMILES string of the molecule is CO[C@@H]([C@@H]1CCCN1)[C@H](C)C(=O)O. The summed E-state index contributed by atoms with van der Waals surface area (Å²) in [5.41, 5.74) is 0. The summed E-state index contributed by atoms with van der Waals surface area (Å²) in [7, 11) is 1.57. The Hall–Kier alpha value is -0.610. The van der Waals surface area contributed by atoms with Crippen molar-refractivity contribution in [3.05, 3.63) is 0 Å². The summed E-state index contributed by atoms with van der Waals surface area (Å²) in [6.07, 6.45) is 1.91. The molecule has 4 heteroatoms. The topological polar surface area (TPSA) is 58.6 Å². The molecule has 1 fully saturated rings. The number of carboxylic acids is 1. The van der Waals surface area contributed by atoms with Crippen LogP contribution in [0, 0.1) is 5.92 Å². The van der Waals surface area contributed by atoms with E-state index in [9.17, 15) is 4.79 Å². The summed E-state index contributed by atoms with van der Waals surface area (Å²) in [4.78, 5) is 10.7. The molecule has 0 unspecified atom stereocenters. The first kappa shape index (κ1) is 10.5. The van der Waals surface area contributed by atoms with Crippen LogP contribution in [-0.4, -0.2) is 36.9 Å². The minimum absolute atomic E-state index is 0.205. The molecule has 0 aromatic rings. The van der Waals surface area contributed by atoms with Gasteiger partial charge in [-0.1, -0.05) is 0 Å². The van der Waals surface area contributed by atoms with Crippen LogP contribution in [0.3, 0.4) is 0 Å². The van der Waals surface area contributed by atoms with Crippen molar-refractivity contribution in [2.75, 3.05) is 13.7 Å². The van der Waals surface area contributed by atoms with Crippen LogP contribution < -0.4 is 5.32 Å². The third-order valence-corrected chi connectivity index (χ3v) is 2.65. The van der Waals surface area contributed by atoms with Crippen molar-refractivity contribution in [1.82, 2.24) is 5.32 Å². The highest BCUT2D eigenvalue weighted by Gasteiger charge is 2.32. The third kappa shape index (κ3) is 2.42. The van der Waals surface area contributed by atoms with Crippen molar-refractivity contribution in [3.63, 3.8) is 0 Å². The Morgan fingerprint density at radius 2 is 2.38 bits per heavy atom. The lowest BCUT2D eigenvalue weighted by molar-refractivity contribution is -0.146. The van der Waals surface area contributed by atoms with Crippen molar-refractivity contribution in [2.24, 2.45) is 5.92 Å². The second-order valence-corrected chi connectivity index (χ2v) is 3.53. The molecule has 0 aliphatic carbocycles. The van der Waals surface area contributed by atoms with Gasteiger partial charge in [-0.15, -0.1) is 0 Å². The predicted molar refractivity (Wildman–Crippen MR) is 48.6 cm³/mol. The molecule has 0 amide bonds. The largest absolute Gasteiger partial charge is 0.481 e. The molecule has 0 radical (unpaired) electrons. The molecule has 4 nitrogen and oxygen atoms in total. The molecule has 0 saturated carbocycles. The minimum Gasteiger partial charge on any atom is -0.481 e. The Balaban J connectivity index is 2.54. The van der Waals surface area contributed by atoms with Gasteiger partial charge in [-0.3, -0.25) is 4.79 Å². The highest BCUT2D eigenvalue weighted by molar-refractivity contribution is 5.70. The van der Waals surface area contributed by atoms with E-state index in [-0.39, 0.29) is 12.1 Å². The third-order valence-electron chi connectivity index (χ3n) is 2.65. The number of carbonyl (C=O) groups is 1. The summed E-state index contributed by atoms with van der Waals surface area (Å²) < 4.78 is 5.21. The summed E-state index contributed by atoms with van der Waals surface area (Å²) in [6.45, 7) is 2.66. The van der Waals surface area contributed by atoms with Gasteiger partial charge in [-0.05, 0) is 26.3 Å². The fraction of sp³-hybridized carbons (Fsp3) is 0.889. The van der Waals surface area contributed by atoms with Gasteiger partial charge in [-0.25, -0.2) is 0 Å². The first-order valence-corrected chi connectivity index (χ1v) is 4.65. The average Bonchev–Trinajstić information content (AvgIpc) is 2.58. The zero-order chi connectivity index (χ0) is 9.84. The maximum Gasteiger partial charge on any atom is 0.308 e. The Bertz CT molecular complexity index is 178. The molecule has 0 aromatic heterocycles. The van der Waals surface area contributed by atoms with E-state index in [0.717, 1.165) is 19.4 Å². The second-order valence-electron chi connectivity index (χ2n) is 3.53. The summed E-state index contributed by atoms with van der Waals surface area (Å²) in [5.74, 6) is -1.24. The fourth-order valence-electron chi connectivity index (χ4n) is 1.85. The number of aliphatic carboxylic acids is 1. The van der Waals surface area contributed by atoms with Crippen LogP contribution in [0.25, 0.3) is 0 Å². The summed E-state index contributed by atoms with van der Waals surface area (Å²) in [5, 5.41) is 12.1. The lowest BCUT2D eigenvalue weighted by atomic mass is 9.97. The van der Waals surface area contributed by atoms with E-state index in [4.69, 9.17) is 9.84 Å². The Labute approximate surface area is 78.3 Å². The van der Waals surface area contributed by atoms with Crippen LogP contribution in [0.2, 0.25) is 0 Å². The van der Waals surface area contributed by atoms with Crippen LogP contribution in [0.4, 0.5) is 0 Å². The van der Waals surface area contributed by atoms with Gasteiger partial charge in [0.1, 0.15) is 0 Å². The molecule has 1 rings (SSSR count). The van der Waals surface area contributed by atoms with Gasteiger partial charge in [0.2, 0.25) is 0 Å². The van der Waals surface area contributed by atoms with Gasteiger partial charge >= 0.3 is 5.97 Å². The van der Waals surface area contributed by atoms with Gasteiger partial charge in [0.25, 0.3) is 0 Å². The molecule has 1 aliphatic heterocycles. The molecule has 1 aliphatic rings. The molecule has 3 atom stereocenters. The fourth-order valence-corrected chi connectivity index (χ4v) is 1.85. The van der Waals surface area contributed by atoms with E-state index >= 15 is 0 Å². The number of carboxylic acid groups (broad SMARTS) is 1. The first-order chi connectivity index (χ1) is 6.16. The van der Waals surface area contributed by atoms with Gasteiger partial charge in [0, 0.05) is 13.2 Å². The van der Waals surface area contributed by atoms with Gasteiger partial charge in [-0.2, -0.15) is 0 Å². The number of methoxy groups -OCH3 is 1. The number of hydrogen-bond acceptors (Lipinski definition) is 3. The van der Waals surface area contributed by atoms with Crippen molar-refractivity contribution in [1.29, 1.82) is 0 Å². The lowest BCUT2D eigenvalue weighted by Crippen LogP contribution is -2.43. The van der Waals surface area contributed by atoms with Crippen LogP contribution in [0.15, 0.2) is 0 Å². The molecule has 0 aromatic carbocycles. The quantitative estimate of drug-likeness (QED) is 0.672. The molecule has 2 N–H and O–H groups in total. The van der Waals surface area contributed by atoms with Gasteiger partial charge < -0.3 is 15.2 Å². The monoisotopic (exact) mass is 187 g/mol. The Morgan fingerprint density at radius 1 is 1.69 bits per heavy atom. The number of rotatable bonds is 4. The standard InChI is InChI=1S/C9H17NO3/c1-6(9(11)12)8(13-2)7-4-3-5-10-7/h6-8,10H,3-5H2,1-2H3,(H,11,12)/t6-,7-,8+/m0/s1. The van der Waals surface area contributed by atoms with E-state index in [1.165, 1.54) is 0 Å². The molecule has 0 bridgehead atoms. The van der Waals surface area contributed by atoms with E-state index < -0.39 is 11.9 Å². The van der Waals surface area contributed by atoms with Crippen LogP contribution >= 0.6 is 0 Å². The number of ether oxygens (including phenoxy) is 1. The first-order valence-electron chi connectivity index (χ1n) is 4.65. The predicted octanol–water partition coefficient (Wildman–Crippen LogP) is 0.474. The smallest absolute Gasteiger partial charge is 0.308 e. The maximum atomic E-state index is 10.7. The van der Waals surface area contributed by atoms with Gasteiger partial charge in [0.05, 0.1) is 12.0 Å². The highest BCUT2D eigenvalue weighted by atomic mass is 16.5. The zero-order valence-electron chi connectivity index (χ0n) is 8.12. The molecular formula is C9H17NO3. The zero-order valence-corrected chi connectivity index (χ0v) is 8.12. The molecule has 0 spiro atoms. The normalized spacial score (nSPS) is 27.1. The molecular weight excluding hydrogens is 170 g/mol.